The Kier molecular flexibility index (Phi) is 3.50. The Balaban J connectivity index is 2.24. The first-order valence-corrected chi connectivity index (χ1v) is 6.64. The molecule has 96 valence electrons. The minimum absolute atomic E-state index is 0.220. The van der Waals surface area contributed by atoms with Crippen molar-refractivity contribution in [3.63, 3.8) is 0 Å². The molecule has 2 aliphatic heterocycles. The number of methoxy groups -OCH3 is 1. The number of cyclic esters (lactones) is 1. The van der Waals surface area contributed by atoms with Crippen molar-refractivity contribution in [1.82, 2.24) is 4.90 Å². The number of esters is 1. The molecule has 0 N–H and O–H groups in total. The van der Waals surface area contributed by atoms with Gasteiger partial charge in [0.25, 0.3) is 0 Å². The van der Waals surface area contributed by atoms with E-state index in [4.69, 9.17) is 9.47 Å². The highest BCUT2D eigenvalue weighted by molar-refractivity contribution is 9.12. The maximum absolute atomic E-state index is 11.4. The van der Waals surface area contributed by atoms with Gasteiger partial charge in [0.05, 0.1) is 17.3 Å². The Morgan fingerprint density at radius 2 is 2.24 bits per heavy atom. The molecule has 1 fully saturated rings. The predicted octanol–water partition coefficient (Wildman–Crippen LogP) is 2.04. The van der Waals surface area contributed by atoms with E-state index in [-0.39, 0.29) is 11.6 Å². The van der Waals surface area contributed by atoms with Gasteiger partial charge in [-0.3, -0.25) is 0 Å². The van der Waals surface area contributed by atoms with Crippen LogP contribution in [-0.4, -0.2) is 42.8 Å². The van der Waals surface area contributed by atoms with E-state index in [0.717, 1.165) is 25.1 Å². The molecule has 0 aromatic rings. The van der Waals surface area contributed by atoms with Crippen LogP contribution in [0, 0.1) is 0 Å². The van der Waals surface area contributed by atoms with Crippen LogP contribution < -0.4 is 0 Å². The molecular formula is C12H18BrNO3. The molecule has 0 aromatic carbocycles. The molecular weight excluding hydrogens is 286 g/mol. The van der Waals surface area contributed by atoms with E-state index >= 15 is 0 Å². The van der Waals surface area contributed by atoms with Gasteiger partial charge in [-0.15, -0.1) is 0 Å². The molecule has 0 aliphatic carbocycles. The van der Waals surface area contributed by atoms with Crippen LogP contribution in [0.25, 0.3) is 0 Å². The fourth-order valence-corrected chi connectivity index (χ4v) is 2.99. The summed E-state index contributed by atoms with van der Waals surface area (Å²) in [7, 11) is 1.73. The normalized spacial score (nSPS) is 25.8. The van der Waals surface area contributed by atoms with Gasteiger partial charge >= 0.3 is 5.97 Å². The first-order valence-electron chi connectivity index (χ1n) is 5.85. The molecule has 1 saturated heterocycles. The third-order valence-corrected chi connectivity index (χ3v) is 4.48. The number of nitrogens with zero attached hydrogens (tertiary/aromatic N) is 1. The van der Waals surface area contributed by atoms with Gasteiger partial charge in [0.2, 0.25) is 0 Å². The Labute approximate surface area is 110 Å². The number of carbonyl (C=O) groups is 1. The van der Waals surface area contributed by atoms with Crippen LogP contribution in [0.5, 0.6) is 0 Å². The van der Waals surface area contributed by atoms with Crippen LogP contribution in [0.3, 0.4) is 0 Å². The van der Waals surface area contributed by atoms with Gasteiger partial charge in [-0.25, -0.2) is 4.79 Å². The molecule has 0 spiro atoms. The van der Waals surface area contributed by atoms with Crippen LogP contribution in [0.2, 0.25) is 0 Å². The monoisotopic (exact) mass is 303 g/mol. The van der Waals surface area contributed by atoms with Crippen molar-refractivity contribution in [3.05, 3.63) is 10.2 Å². The molecule has 0 amide bonds. The van der Waals surface area contributed by atoms with Gasteiger partial charge in [-0.2, -0.15) is 0 Å². The molecule has 2 aliphatic rings. The second-order valence-corrected chi connectivity index (χ2v) is 5.79. The molecule has 2 rings (SSSR count). The number of halogens is 1. The molecule has 0 radical (unpaired) electrons. The van der Waals surface area contributed by atoms with Crippen molar-refractivity contribution < 1.29 is 14.3 Å². The van der Waals surface area contributed by atoms with E-state index in [1.54, 1.807) is 7.11 Å². The van der Waals surface area contributed by atoms with Gasteiger partial charge in [0.1, 0.15) is 11.1 Å². The fourth-order valence-electron chi connectivity index (χ4n) is 2.54. The van der Waals surface area contributed by atoms with Crippen LogP contribution >= 0.6 is 15.9 Å². The number of likely N-dealkylation sites (tertiary alicyclic amines) is 1. The number of hydrogen-bond acceptors (Lipinski definition) is 4. The van der Waals surface area contributed by atoms with E-state index in [9.17, 15) is 4.79 Å². The van der Waals surface area contributed by atoms with Gasteiger partial charge in [0, 0.05) is 13.7 Å². The van der Waals surface area contributed by atoms with Crippen LogP contribution in [0.15, 0.2) is 10.2 Å². The predicted molar refractivity (Wildman–Crippen MR) is 67.7 cm³/mol. The van der Waals surface area contributed by atoms with Gasteiger partial charge < -0.3 is 14.4 Å². The maximum atomic E-state index is 11.4. The maximum Gasteiger partial charge on any atom is 0.347 e. The van der Waals surface area contributed by atoms with Gasteiger partial charge in [-0.1, -0.05) is 0 Å². The standard InChI is InChI=1S/C12H18BrNO3/c1-12(2,16-3)9-5-4-6-14(9)8-7-17-11(15)10(8)13/h9H,4-7H2,1-3H3/t9-/m0/s1. The summed E-state index contributed by atoms with van der Waals surface area (Å²) >= 11 is 3.32. The summed E-state index contributed by atoms with van der Waals surface area (Å²) in [6.45, 7) is 5.50. The second kappa shape index (κ2) is 4.61. The second-order valence-electron chi connectivity index (χ2n) is 5.00. The number of rotatable bonds is 3. The van der Waals surface area contributed by atoms with Crippen LogP contribution in [0.4, 0.5) is 0 Å². The zero-order valence-corrected chi connectivity index (χ0v) is 12.0. The lowest BCUT2D eigenvalue weighted by Crippen LogP contribution is -2.46. The lowest BCUT2D eigenvalue weighted by Gasteiger charge is -2.38. The Hall–Kier alpha value is -0.550. The van der Waals surface area contributed by atoms with Gasteiger partial charge in [-0.05, 0) is 42.6 Å². The SMILES string of the molecule is COC(C)(C)[C@@H]1CCCN1C1=C(Br)C(=O)OC1. The molecule has 0 aromatic heterocycles. The van der Waals surface area contributed by atoms with E-state index < -0.39 is 0 Å². The molecule has 0 bridgehead atoms. The summed E-state index contributed by atoms with van der Waals surface area (Å²) in [5.74, 6) is -0.263. The fraction of sp³-hybridized carbons (Fsp3) is 0.750. The quantitative estimate of drug-likeness (QED) is 0.748. The van der Waals surface area contributed by atoms with Crippen molar-refractivity contribution >= 4 is 21.9 Å². The lowest BCUT2D eigenvalue weighted by molar-refractivity contribution is -0.135. The molecule has 2 heterocycles. The highest BCUT2D eigenvalue weighted by Gasteiger charge is 2.41. The molecule has 5 heteroatoms. The summed E-state index contributed by atoms with van der Waals surface area (Å²) < 4.78 is 11.2. The topological polar surface area (TPSA) is 38.8 Å². The van der Waals surface area contributed by atoms with E-state index in [1.807, 2.05) is 0 Å². The Morgan fingerprint density at radius 3 is 2.76 bits per heavy atom. The highest BCUT2D eigenvalue weighted by Crippen LogP contribution is 2.35. The summed E-state index contributed by atoms with van der Waals surface area (Å²) in [6.07, 6.45) is 2.20. The number of hydrogen-bond donors (Lipinski definition) is 0. The zero-order chi connectivity index (χ0) is 12.6. The number of ether oxygens (including phenoxy) is 2. The minimum atomic E-state index is -0.263. The number of carbonyl (C=O) groups excluding carboxylic acids is 1. The van der Waals surface area contributed by atoms with E-state index in [0.29, 0.717) is 17.1 Å². The summed E-state index contributed by atoms with van der Waals surface area (Å²) in [4.78, 5) is 13.6. The zero-order valence-electron chi connectivity index (χ0n) is 10.5. The third kappa shape index (κ3) is 2.22. The van der Waals surface area contributed by atoms with Crippen molar-refractivity contribution in [2.45, 2.75) is 38.3 Å². The third-order valence-electron chi connectivity index (χ3n) is 3.70. The smallest absolute Gasteiger partial charge is 0.347 e. The van der Waals surface area contributed by atoms with Crippen LogP contribution in [-0.2, 0) is 14.3 Å². The van der Waals surface area contributed by atoms with E-state index in [2.05, 4.69) is 34.7 Å². The average Bonchev–Trinajstić information content (AvgIpc) is 2.88. The lowest BCUT2D eigenvalue weighted by atomic mass is 9.96. The Bertz CT molecular complexity index is 365. The molecule has 0 saturated carbocycles. The van der Waals surface area contributed by atoms with E-state index in [1.165, 1.54) is 0 Å². The summed E-state index contributed by atoms with van der Waals surface area (Å²) in [5.41, 5.74) is 0.741. The minimum Gasteiger partial charge on any atom is -0.455 e. The first kappa shape index (κ1) is 12.9. The van der Waals surface area contributed by atoms with Crippen molar-refractivity contribution in [2.75, 3.05) is 20.3 Å². The molecule has 1 atom stereocenters. The summed E-state index contributed by atoms with van der Waals surface area (Å²) in [6, 6.07) is 0.296. The van der Waals surface area contributed by atoms with Crippen molar-refractivity contribution in [3.8, 4) is 0 Å². The Morgan fingerprint density at radius 1 is 1.53 bits per heavy atom. The molecule has 17 heavy (non-hydrogen) atoms. The highest BCUT2D eigenvalue weighted by atomic mass is 79.9. The summed E-state index contributed by atoms with van der Waals surface area (Å²) in [5, 5.41) is 0. The average molecular weight is 304 g/mol. The van der Waals surface area contributed by atoms with Crippen LogP contribution in [0.1, 0.15) is 26.7 Å². The van der Waals surface area contributed by atoms with Crippen molar-refractivity contribution in [1.29, 1.82) is 0 Å². The van der Waals surface area contributed by atoms with Gasteiger partial charge in [0.15, 0.2) is 0 Å². The largest absolute Gasteiger partial charge is 0.455 e. The molecule has 4 nitrogen and oxygen atoms in total. The van der Waals surface area contributed by atoms with Crippen molar-refractivity contribution in [2.24, 2.45) is 0 Å². The molecule has 0 unspecified atom stereocenters. The first-order chi connectivity index (χ1) is 7.97.